The molecule has 2 aromatic heterocycles. The summed E-state index contributed by atoms with van der Waals surface area (Å²) < 4.78 is 2.09. The van der Waals surface area contributed by atoms with Crippen LogP contribution in [0, 0.1) is 6.92 Å². The zero-order valence-electron chi connectivity index (χ0n) is 14.4. The van der Waals surface area contributed by atoms with Crippen molar-refractivity contribution in [3.05, 3.63) is 47.3 Å². The summed E-state index contributed by atoms with van der Waals surface area (Å²) in [5.41, 5.74) is 4.54. The van der Waals surface area contributed by atoms with Crippen molar-refractivity contribution < 1.29 is 4.79 Å². The highest BCUT2D eigenvalue weighted by atomic mass is 16.1. The Labute approximate surface area is 146 Å². The summed E-state index contributed by atoms with van der Waals surface area (Å²) in [6.45, 7) is 2.07. The molecular formula is C20H22N4O. The summed E-state index contributed by atoms with van der Waals surface area (Å²) in [5, 5.41) is 9.15. The third-order valence-electron chi connectivity index (χ3n) is 5.79. The molecule has 5 rings (SSSR count). The average molecular weight is 334 g/mol. The predicted octanol–water partition coefficient (Wildman–Crippen LogP) is 4.26. The van der Waals surface area contributed by atoms with Crippen LogP contribution in [0.1, 0.15) is 60.9 Å². The summed E-state index contributed by atoms with van der Waals surface area (Å²) in [7, 11) is 0. The Morgan fingerprint density at radius 1 is 1.20 bits per heavy atom. The molecule has 5 heteroatoms. The van der Waals surface area contributed by atoms with Crippen molar-refractivity contribution in [1.82, 2.24) is 14.8 Å². The Morgan fingerprint density at radius 2 is 2.04 bits per heavy atom. The van der Waals surface area contributed by atoms with Crippen molar-refractivity contribution >= 4 is 22.6 Å². The van der Waals surface area contributed by atoms with E-state index in [1.807, 2.05) is 6.20 Å². The van der Waals surface area contributed by atoms with E-state index in [2.05, 4.69) is 46.2 Å². The van der Waals surface area contributed by atoms with Gasteiger partial charge in [0.2, 0.25) is 5.91 Å². The van der Waals surface area contributed by atoms with Crippen LogP contribution in [-0.2, 0) is 4.79 Å². The molecule has 1 aliphatic carbocycles. The summed E-state index contributed by atoms with van der Waals surface area (Å²) >= 11 is 0. The number of nitrogens with zero attached hydrogens (tertiary/aromatic N) is 2. The number of rotatable bonds is 2. The number of carbonyl (C=O) groups excluding carboxylic acids is 1. The first-order valence-corrected chi connectivity index (χ1v) is 9.17. The van der Waals surface area contributed by atoms with Crippen LogP contribution in [0.15, 0.2) is 30.5 Å². The molecule has 1 atom stereocenters. The van der Waals surface area contributed by atoms with Gasteiger partial charge in [0, 0.05) is 29.6 Å². The van der Waals surface area contributed by atoms with E-state index < -0.39 is 0 Å². The van der Waals surface area contributed by atoms with Crippen molar-refractivity contribution in [1.29, 1.82) is 0 Å². The molecule has 1 aromatic carbocycles. The van der Waals surface area contributed by atoms with Crippen LogP contribution in [0.4, 0.5) is 5.82 Å². The Hall–Kier alpha value is -2.56. The Kier molecular flexibility index (Phi) is 3.23. The number of fused-ring (bicyclic) bond motifs is 2. The Morgan fingerprint density at radius 3 is 2.88 bits per heavy atom. The van der Waals surface area contributed by atoms with Gasteiger partial charge in [-0.3, -0.25) is 4.79 Å². The summed E-state index contributed by atoms with van der Waals surface area (Å²) in [4.78, 5) is 15.9. The van der Waals surface area contributed by atoms with Crippen LogP contribution in [0.5, 0.6) is 0 Å². The summed E-state index contributed by atoms with van der Waals surface area (Å²) in [5.74, 6) is 1.07. The molecule has 1 unspecified atom stereocenters. The van der Waals surface area contributed by atoms with E-state index in [4.69, 9.17) is 5.10 Å². The second kappa shape index (κ2) is 5.48. The fourth-order valence-corrected chi connectivity index (χ4v) is 4.65. The van der Waals surface area contributed by atoms with Crippen LogP contribution >= 0.6 is 0 Å². The van der Waals surface area contributed by atoms with E-state index in [1.165, 1.54) is 29.4 Å². The first-order valence-electron chi connectivity index (χ1n) is 9.17. The zero-order valence-corrected chi connectivity index (χ0v) is 14.4. The fraction of sp³-hybridized carbons (Fsp3) is 0.400. The molecule has 1 amide bonds. The number of carbonyl (C=O) groups is 1. The van der Waals surface area contributed by atoms with Gasteiger partial charge < -0.3 is 10.3 Å². The maximum Gasteiger partial charge on any atom is 0.226 e. The first-order chi connectivity index (χ1) is 12.2. The molecule has 0 bridgehead atoms. The van der Waals surface area contributed by atoms with Crippen LogP contribution in [-0.4, -0.2) is 20.7 Å². The van der Waals surface area contributed by atoms with E-state index in [9.17, 15) is 4.79 Å². The van der Waals surface area contributed by atoms with Gasteiger partial charge in [0.05, 0.1) is 11.7 Å². The largest absolute Gasteiger partial charge is 0.361 e. The van der Waals surface area contributed by atoms with Crippen molar-refractivity contribution in [3.63, 3.8) is 0 Å². The molecule has 2 N–H and O–H groups in total. The number of para-hydroxylation sites is 1. The zero-order chi connectivity index (χ0) is 17.0. The molecule has 0 saturated heterocycles. The van der Waals surface area contributed by atoms with Crippen molar-refractivity contribution in [3.8, 4) is 0 Å². The number of amides is 1. The van der Waals surface area contributed by atoms with Gasteiger partial charge in [-0.25, -0.2) is 4.68 Å². The number of H-pyrrole nitrogens is 1. The topological polar surface area (TPSA) is 62.7 Å². The molecule has 1 aliphatic heterocycles. The molecule has 5 nitrogen and oxygen atoms in total. The summed E-state index contributed by atoms with van der Waals surface area (Å²) in [6, 6.07) is 8.82. The van der Waals surface area contributed by atoms with Crippen molar-refractivity contribution in [2.45, 2.75) is 51.0 Å². The number of aromatic nitrogens is 3. The molecule has 3 heterocycles. The molecule has 1 fully saturated rings. The number of hydrogen-bond acceptors (Lipinski definition) is 2. The monoisotopic (exact) mass is 334 g/mol. The summed E-state index contributed by atoms with van der Waals surface area (Å²) in [6.07, 6.45) is 7.24. The number of aromatic amines is 1. The van der Waals surface area contributed by atoms with E-state index in [-0.39, 0.29) is 11.8 Å². The lowest BCUT2D eigenvalue weighted by atomic mass is 9.85. The second-order valence-electron chi connectivity index (χ2n) is 7.32. The molecule has 2 aliphatic rings. The van der Waals surface area contributed by atoms with Gasteiger partial charge in [0.15, 0.2) is 0 Å². The molecule has 3 aromatic rings. The highest BCUT2D eigenvalue weighted by Gasteiger charge is 2.35. The number of aryl methyl sites for hydroxylation is 1. The van der Waals surface area contributed by atoms with E-state index in [0.717, 1.165) is 29.9 Å². The smallest absolute Gasteiger partial charge is 0.226 e. The fourth-order valence-electron chi connectivity index (χ4n) is 4.65. The standard InChI is InChI=1S/C20H22N4O/c1-12-18-16(15-8-4-5-13-9-10-21-19(13)15)11-17(25)22-20(18)24(23-12)14-6-2-3-7-14/h4-5,8-10,14,16,21H,2-3,6-7,11H2,1H3,(H,22,25). The minimum Gasteiger partial charge on any atom is -0.361 e. The lowest BCUT2D eigenvalue weighted by Gasteiger charge is -2.26. The van der Waals surface area contributed by atoms with Crippen molar-refractivity contribution in [2.24, 2.45) is 0 Å². The SMILES string of the molecule is Cc1nn(C2CCCC2)c2c1C(c1cccc3cc[nH]c13)CC(=O)N2. The third kappa shape index (κ3) is 2.22. The van der Waals surface area contributed by atoms with Crippen LogP contribution in [0.2, 0.25) is 0 Å². The minimum absolute atomic E-state index is 0.0567. The van der Waals surface area contributed by atoms with E-state index in [1.54, 1.807) is 0 Å². The quantitative estimate of drug-likeness (QED) is 0.735. The molecule has 128 valence electrons. The Balaban J connectivity index is 1.69. The van der Waals surface area contributed by atoms with E-state index in [0.29, 0.717) is 12.5 Å². The van der Waals surface area contributed by atoms with Crippen LogP contribution in [0.3, 0.4) is 0 Å². The maximum atomic E-state index is 12.5. The van der Waals surface area contributed by atoms with Gasteiger partial charge in [0.25, 0.3) is 0 Å². The highest BCUT2D eigenvalue weighted by molar-refractivity contribution is 5.96. The van der Waals surface area contributed by atoms with Gasteiger partial charge in [-0.2, -0.15) is 5.10 Å². The third-order valence-corrected chi connectivity index (χ3v) is 5.79. The number of anilines is 1. The number of hydrogen-bond donors (Lipinski definition) is 2. The van der Waals surface area contributed by atoms with Gasteiger partial charge >= 0.3 is 0 Å². The van der Waals surface area contributed by atoms with Gasteiger partial charge in [-0.05, 0) is 36.8 Å². The van der Waals surface area contributed by atoms with Crippen molar-refractivity contribution in [2.75, 3.05) is 5.32 Å². The van der Waals surface area contributed by atoms with Gasteiger partial charge in [0.1, 0.15) is 5.82 Å². The average Bonchev–Trinajstić information content (AvgIpc) is 3.33. The van der Waals surface area contributed by atoms with Gasteiger partial charge in [-0.1, -0.05) is 31.0 Å². The van der Waals surface area contributed by atoms with E-state index >= 15 is 0 Å². The van der Waals surface area contributed by atoms with Crippen LogP contribution < -0.4 is 5.32 Å². The first kappa shape index (κ1) is 14.8. The van der Waals surface area contributed by atoms with Gasteiger partial charge in [-0.15, -0.1) is 0 Å². The second-order valence-corrected chi connectivity index (χ2v) is 7.32. The lowest BCUT2D eigenvalue weighted by Crippen LogP contribution is -2.26. The minimum atomic E-state index is 0.0567. The van der Waals surface area contributed by atoms with Crippen LogP contribution in [0.25, 0.3) is 10.9 Å². The normalized spacial score (nSPS) is 20.8. The number of nitrogens with one attached hydrogen (secondary N) is 2. The highest BCUT2D eigenvalue weighted by Crippen LogP contribution is 2.43. The predicted molar refractivity (Wildman–Crippen MR) is 97.9 cm³/mol. The molecular weight excluding hydrogens is 312 g/mol. The number of benzene rings is 1. The maximum absolute atomic E-state index is 12.5. The lowest BCUT2D eigenvalue weighted by molar-refractivity contribution is -0.116. The molecule has 0 radical (unpaired) electrons. The Bertz CT molecular complexity index is 961. The molecule has 1 saturated carbocycles. The molecule has 0 spiro atoms. The molecule has 25 heavy (non-hydrogen) atoms.